The monoisotopic (exact) mass is 194 g/mol. The zero-order valence-electron chi connectivity index (χ0n) is 8.97. The Morgan fingerprint density at radius 1 is 1.50 bits per heavy atom. The predicted octanol–water partition coefficient (Wildman–Crippen LogP) is 0.468. The molecule has 0 aromatic carbocycles. The van der Waals surface area contributed by atoms with E-state index < -0.39 is 0 Å². The van der Waals surface area contributed by atoms with E-state index in [2.05, 4.69) is 17.2 Å². The molecule has 0 aliphatic carbocycles. The van der Waals surface area contributed by atoms with Crippen molar-refractivity contribution in [2.75, 3.05) is 26.7 Å². The molecule has 1 N–H and O–H groups in total. The van der Waals surface area contributed by atoms with Crippen LogP contribution in [0.5, 0.6) is 0 Å². The summed E-state index contributed by atoms with van der Waals surface area (Å²) in [5.74, 6) is 5.93. The number of carbonyl (C=O) groups excluding carboxylic acids is 1. The molecule has 0 aromatic rings. The summed E-state index contributed by atoms with van der Waals surface area (Å²) in [4.78, 5) is 13.2. The van der Waals surface area contributed by atoms with Crippen molar-refractivity contribution in [3.05, 3.63) is 0 Å². The van der Waals surface area contributed by atoms with E-state index in [4.69, 9.17) is 0 Å². The molecule has 14 heavy (non-hydrogen) atoms. The zero-order valence-corrected chi connectivity index (χ0v) is 8.97. The van der Waals surface area contributed by atoms with Gasteiger partial charge in [-0.1, -0.05) is 5.92 Å². The van der Waals surface area contributed by atoms with E-state index in [0.29, 0.717) is 0 Å². The Hall–Kier alpha value is -1.01. The molecule has 1 heterocycles. The molecule has 1 amide bonds. The van der Waals surface area contributed by atoms with E-state index in [1.807, 2.05) is 11.9 Å². The van der Waals surface area contributed by atoms with Gasteiger partial charge in [0.05, 0.1) is 0 Å². The van der Waals surface area contributed by atoms with E-state index in [0.717, 1.165) is 38.4 Å². The number of nitrogens with one attached hydrogen (secondary N) is 1. The first kappa shape index (κ1) is 11.1. The maximum absolute atomic E-state index is 11.4. The quantitative estimate of drug-likeness (QED) is 0.648. The second-order valence-electron chi connectivity index (χ2n) is 3.67. The summed E-state index contributed by atoms with van der Waals surface area (Å²) in [6, 6.07) is 0. The van der Waals surface area contributed by atoms with Gasteiger partial charge in [0.1, 0.15) is 0 Å². The molecule has 0 saturated carbocycles. The highest BCUT2D eigenvalue weighted by molar-refractivity contribution is 5.93. The molecular formula is C11H18N2O. The third-order valence-electron chi connectivity index (χ3n) is 2.63. The van der Waals surface area contributed by atoms with Crippen LogP contribution in [0.25, 0.3) is 0 Å². The summed E-state index contributed by atoms with van der Waals surface area (Å²) in [7, 11) is 1.97. The highest BCUT2D eigenvalue weighted by atomic mass is 16.2. The molecule has 1 saturated heterocycles. The molecule has 3 heteroatoms. The van der Waals surface area contributed by atoms with Crippen LogP contribution in [0.4, 0.5) is 0 Å². The summed E-state index contributed by atoms with van der Waals surface area (Å²) in [6.07, 6.45) is 2.19. The second-order valence-corrected chi connectivity index (χ2v) is 3.67. The van der Waals surface area contributed by atoms with Gasteiger partial charge in [0.25, 0.3) is 5.91 Å². The summed E-state index contributed by atoms with van der Waals surface area (Å²) in [6.45, 7) is 4.48. The Labute approximate surface area is 85.9 Å². The molecule has 3 nitrogen and oxygen atoms in total. The van der Waals surface area contributed by atoms with Crippen molar-refractivity contribution in [2.24, 2.45) is 5.92 Å². The maximum atomic E-state index is 11.4. The van der Waals surface area contributed by atoms with Crippen molar-refractivity contribution in [2.45, 2.75) is 19.8 Å². The smallest absolute Gasteiger partial charge is 0.298 e. The molecule has 0 radical (unpaired) electrons. The lowest BCUT2D eigenvalue weighted by Gasteiger charge is -2.30. The van der Waals surface area contributed by atoms with E-state index in [1.165, 1.54) is 0 Å². The third kappa shape index (κ3) is 3.04. The van der Waals surface area contributed by atoms with Crippen LogP contribution >= 0.6 is 0 Å². The number of carbonyl (C=O) groups is 1. The van der Waals surface area contributed by atoms with Crippen molar-refractivity contribution in [1.82, 2.24) is 10.2 Å². The molecule has 0 atom stereocenters. The number of nitrogens with zero attached hydrogens (tertiary/aromatic N) is 1. The fourth-order valence-electron chi connectivity index (χ4n) is 1.81. The van der Waals surface area contributed by atoms with E-state index in [1.54, 1.807) is 6.92 Å². The molecule has 0 bridgehead atoms. The van der Waals surface area contributed by atoms with Crippen molar-refractivity contribution in [1.29, 1.82) is 0 Å². The van der Waals surface area contributed by atoms with Crippen LogP contribution < -0.4 is 5.32 Å². The first-order chi connectivity index (χ1) is 6.77. The minimum Gasteiger partial charge on any atom is -0.332 e. The van der Waals surface area contributed by atoms with Crippen LogP contribution in [0.1, 0.15) is 19.8 Å². The molecule has 0 spiro atoms. The minimum atomic E-state index is -0.0181. The van der Waals surface area contributed by atoms with Gasteiger partial charge in [-0.15, -0.1) is 0 Å². The fourth-order valence-corrected chi connectivity index (χ4v) is 1.81. The third-order valence-corrected chi connectivity index (χ3v) is 2.63. The maximum Gasteiger partial charge on any atom is 0.298 e. The first-order valence-corrected chi connectivity index (χ1v) is 5.14. The van der Waals surface area contributed by atoms with Crippen LogP contribution in [-0.4, -0.2) is 37.5 Å². The summed E-state index contributed by atoms with van der Waals surface area (Å²) >= 11 is 0. The molecule has 0 unspecified atom stereocenters. The SMILES string of the molecule is CC#CC(=O)N1CCC(CNC)CC1. The first-order valence-electron chi connectivity index (χ1n) is 5.14. The van der Waals surface area contributed by atoms with Gasteiger partial charge in [0.2, 0.25) is 0 Å². The van der Waals surface area contributed by atoms with Crippen LogP contribution in [0.3, 0.4) is 0 Å². The highest BCUT2D eigenvalue weighted by Crippen LogP contribution is 2.15. The van der Waals surface area contributed by atoms with Crippen LogP contribution in [-0.2, 0) is 4.79 Å². The summed E-state index contributed by atoms with van der Waals surface area (Å²) in [5, 5.41) is 3.18. The number of likely N-dealkylation sites (tertiary alicyclic amines) is 1. The van der Waals surface area contributed by atoms with Crippen molar-refractivity contribution >= 4 is 5.91 Å². The van der Waals surface area contributed by atoms with E-state index >= 15 is 0 Å². The lowest BCUT2D eigenvalue weighted by atomic mass is 9.97. The van der Waals surface area contributed by atoms with Crippen molar-refractivity contribution in [3.8, 4) is 11.8 Å². The fraction of sp³-hybridized carbons (Fsp3) is 0.727. The van der Waals surface area contributed by atoms with E-state index in [-0.39, 0.29) is 5.91 Å². The Kier molecular flexibility index (Phi) is 4.48. The molecule has 78 valence electrons. The van der Waals surface area contributed by atoms with Gasteiger partial charge in [0, 0.05) is 13.1 Å². The van der Waals surface area contributed by atoms with Gasteiger partial charge in [-0.25, -0.2) is 0 Å². The number of amides is 1. The average Bonchev–Trinajstić information content (AvgIpc) is 2.20. The molecule has 1 rings (SSSR count). The normalized spacial score (nSPS) is 17.4. The Balaban J connectivity index is 2.34. The second kappa shape index (κ2) is 5.66. The molecule has 0 aromatic heterocycles. The minimum absolute atomic E-state index is 0.0181. The molecule has 1 aliphatic heterocycles. The van der Waals surface area contributed by atoms with Crippen molar-refractivity contribution < 1.29 is 4.79 Å². The van der Waals surface area contributed by atoms with Gasteiger partial charge in [-0.3, -0.25) is 4.79 Å². The van der Waals surface area contributed by atoms with Crippen LogP contribution in [0.2, 0.25) is 0 Å². The number of hydrogen-bond donors (Lipinski definition) is 1. The van der Waals surface area contributed by atoms with Crippen LogP contribution in [0.15, 0.2) is 0 Å². The predicted molar refractivity (Wildman–Crippen MR) is 56.7 cm³/mol. The number of rotatable bonds is 2. The molecule has 1 aliphatic rings. The topological polar surface area (TPSA) is 32.3 Å². The Morgan fingerprint density at radius 3 is 2.64 bits per heavy atom. The standard InChI is InChI=1S/C11H18N2O/c1-3-4-11(14)13-7-5-10(6-8-13)9-12-2/h10,12H,5-9H2,1-2H3. The lowest BCUT2D eigenvalue weighted by Crippen LogP contribution is -2.39. The lowest BCUT2D eigenvalue weighted by molar-refractivity contribution is -0.126. The summed E-state index contributed by atoms with van der Waals surface area (Å²) in [5.41, 5.74) is 0. The number of hydrogen-bond acceptors (Lipinski definition) is 2. The average molecular weight is 194 g/mol. The van der Waals surface area contributed by atoms with Gasteiger partial charge in [-0.2, -0.15) is 0 Å². The van der Waals surface area contributed by atoms with Crippen LogP contribution in [0, 0.1) is 17.8 Å². The summed E-state index contributed by atoms with van der Waals surface area (Å²) < 4.78 is 0. The largest absolute Gasteiger partial charge is 0.332 e. The van der Waals surface area contributed by atoms with Gasteiger partial charge >= 0.3 is 0 Å². The Morgan fingerprint density at radius 2 is 2.14 bits per heavy atom. The van der Waals surface area contributed by atoms with Gasteiger partial charge in [0.15, 0.2) is 0 Å². The van der Waals surface area contributed by atoms with Gasteiger partial charge < -0.3 is 10.2 Å². The Bertz CT molecular complexity index is 244. The van der Waals surface area contributed by atoms with E-state index in [9.17, 15) is 4.79 Å². The molecular weight excluding hydrogens is 176 g/mol. The van der Waals surface area contributed by atoms with Gasteiger partial charge in [-0.05, 0) is 45.2 Å². The van der Waals surface area contributed by atoms with Crippen molar-refractivity contribution in [3.63, 3.8) is 0 Å². The molecule has 1 fully saturated rings. The number of piperidine rings is 1. The highest BCUT2D eigenvalue weighted by Gasteiger charge is 2.20. The zero-order chi connectivity index (χ0) is 10.4.